The van der Waals surface area contributed by atoms with Crippen molar-refractivity contribution >= 4 is 16.9 Å². The van der Waals surface area contributed by atoms with Gasteiger partial charge in [-0.2, -0.15) is 5.26 Å². The quantitative estimate of drug-likeness (QED) is 0.814. The summed E-state index contributed by atoms with van der Waals surface area (Å²) in [6, 6.07) is 9.14. The molecule has 6 nitrogen and oxygen atoms in total. The van der Waals surface area contributed by atoms with Crippen LogP contribution in [0.2, 0.25) is 0 Å². The normalized spacial score (nSPS) is 20.3. The molecule has 1 saturated heterocycles. The van der Waals surface area contributed by atoms with E-state index >= 15 is 0 Å². The molecule has 3 atom stereocenters. The van der Waals surface area contributed by atoms with Crippen LogP contribution in [0.1, 0.15) is 31.6 Å². The Kier molecular flexibility index (Phi) is 4.70. The number of rotatable bonds is 6. The Morgan fingerprint density at radius 1 is 1.52 bits per heavy atom. The zero-order valence-electron chi connectivity index (χ0n) is 12.9. The average molecular weight is 314 g/mol. The number of ether oxygens (including phenoxy) is 2. The number of oxazole rings is 1. The Balaban J connectivity index is 1.69. The zero-order valence-corrected chi connectivity index (χ0v) is 12.9. The molecule has 2 heterocycles. The largest absolute Gasteiger partial charge is 0.439 e. The van der Waals surface area contributed by atoms with E-state index in [0.717, 1.165) is 19.4 Å². The lowest BCUT2D eigenvalue weighted by molar-refractivity contribution is -0.132. The van der Waals surface area contributed by atoms with Crippen molar-refractivity contribution in [2.24, 2.45) is 0 Å². The lowest BCUT2D eigenvalue weighted by Crippen LogP contribution is -2.29. The van der Waals surface area contributed by atoms with E-state index in [1.165, 1.54) is 0 Å². The van der Waals surface area contributed by atoms with Crippen LogP contribution < -0.4 is 0 Å². The summed E-state index contributed by atoms with van der Waals surface area (Å²) < 4.78 is 16.6. The third-order valence-corrected chi connectivity index (χ3v) is 3.93. The molecular formula is C17H18N2O4. The van der Waals surface area contributed by atoms with Crippen LogP contribution in [0.25, 0.3) is 11.1 Å². The number of aromatic nitrogens is 1. The second-order valence-electron chi connectivity index (χ2n) is 5.59. The number of nitrogens with zero attached hydrogens (tertiary/aromatic N) is 2. The summed E-state index contributed by atoms with van der Waals surface area (Å²) >= 11 is 0. The summed E-state index contributed by atoms with van der Waals surface area (Å²) in [5.74, 6) is -1.30. The molecular weight excluding hydrogens is 296 g/mol. The van der Waals surface area contributed by atoms with Gasteiger partial charge in [0.2, 0.25) is 5.89 Å². The molecule has 0 N–H and O–H groups in total. The molecule has 0 unspecified atom stereocenters. The SMILES string of the molecule is C[C@H](OC[C@@H]1CCCO1)C(=O)[C@@H](C#N)c1nc2ccccc2o1. The Bertz CT molecular complexity index is 695. The molecule has 3 rings (SSSR count). The van der Waals surface area contributed by atoms with Gasteiger partial charge >= 0.3 is 0 Å². The van der Waals surface area contributed by atoms with Gasteiger partial charge in [0, 0.05) is 6.61 Å². The highest BCUT2D eigenvalue weighted by Gasteiger charge is 2.31. The standard InChI is InChI=1S/C17H18N2O4/c1-11(22-10-12-5-4-8-21-12)16(20)13(9-18)17-19-14-6-2-3-7-15(14)23-17/h2-3,6-7,11-13H,4-5,8,10H2,1H3/t11-,12-,13+/m0/s1. The van der Waals surface area contributed by atoms with Crippen LogP contribution >= 0.6 is 0 Å². The van der Waals surface area contributed by atoms with Crippen LogP contribution in [0.4, 0.5) is 0 Å². The zero-order chi connectivity index (χ0) is 16.2. The minimum atomic E-state index is -1.07. The van der Waals surface area contributed by atoms with Gasteiger partial charge < -0.3 is 13.9 Å². The topological polar surface area (TPSA) is 85.4 Å². The summed E-state index contributed by atoms with van der Waals surface area (Å²) in [6.07, 6.45) is 1.28. The van der Waals surface area contributed by atoms with Crippen LogP contribution in [0.5, 0.6) is 0 Å². The van der Waals surface area contributed by atoms with Crippen molar-refractivity contribution < 1.29 is 18.7 Å². The fraction of sp³-hybridized carbons (Fsp3) is 0.471. The number of carbonyl (C=O) groups excluding carboxylic acids is 1. The molecule has 0 bridgehead atoms. The third-order valence-electron chi connectivity index (χ3n) is 3.93. The molecule has 1 aliphatic heterocycles. The number of carbonyl (C=O) groups is 1. The highest BCUT2D eigenvalue weighted by Crippen LogP contribution is 2.23. The smallest absolute Gasteiger partial charge is 0.220 e. The monoisotopic (exact) mass is 314 g/mol. The van der Waals surface area contributed by atoms with Gasteiger partial charge in [0.1, 0.15) is 11.6 Å². The minimum Gasteiger partial charge on any atom is -0.439 e. The Hall–Kier alpha value is -2.23. The summed E-state index contributed by atoms with van der Waals surface area (Å²) in [7, 11) is 0. The first-order valence-electron chi connectivity index (χ1n) is 7.71. The number of benzene rings is 1. The Labute approximate surface area is 134 Å². The van der Waals surface area contributed by atoms with Gasteiger partial charge in [0.15, 0.2) is 17.3 Å². The summed E-state index contributed by atoms with van der Waals surface area (Å²) in [4.78, 5) is 16.7. The average Bonchev–Trinajstić information content (AvgIpc) is 3.22. The highest BCUT2D eigenvalue weighted by molar-refractivity contribution is 5.91. The first kappa shape index (κ1) is 15.7. The van der Waals surface area contributed by atoms with Crippen LogP contribution in [0.15, 0.2) is 28.7 Å². The molecule has 120 valence electrons. The van der Waals surface area contributed by atoms with Gasteiger partial charge in [0.05, 0.1) is 18.8 Å². The van der Waals surface area contributed by atoms with Gasteiger partial charge in [-0.25, -0.2) is 4.98 Å². The van der Waals surface area contributed by atoms with Gasteiger partial charge in [0.25, 0.3) is 0 Å². The molecule has 0 aliphatic carbocycles. The van der Waals surface area contributed by atoms with Crippen molar-refractivity contribution in [2.75, 3.05) is 13.2 Å². The van der Waals surface area contributed by atoms with E-state index < -0.39 is 12.0 Å². The fourth-order valence-electron chi connectivity index (χ4n) is 2.60. The molecule has 0 amide bonds. The molecule has 1 fully saturated rings. The van der Waals surface area contributed by atoms with Gasteiger partial charge in [-0.1, -0.05) is 12.1 Å². The van der Waals surface area contributed by atoms with Crippen molar-refractivity contribution in [2.45, 2.75) is 37.9 Å². The molecule has 0 radical (unpaired) electrons. The van der Waals surface area contributed by atoms with Crippen molar-refractivity contribution in [1.29, 1.82) is 5.26 Å². The van der Waals surface area contributed by atoms with Crippen LogP contribution in [0, 0.1) is 11.3 Å². The molecule has 1 aromatic heterocycles. The van der Waals surface area contributed by atoms with E-state index in [2.05, 4.69) is 4.98 Å². The maximum absolute atomic E-state index is 12.5. The number of hydrogen-bond donors (Lipinski definition) is 0. The lowest BCUT2D eigenvalue weighted by atomic mass is 10.0. The molecule has 1 aromatic carbocycles. The fourth-order valence-corrected chi connectivity index (χ4v) is 2.60. The van der Waals surface area contributed by atoms with E-state index in [1.807, 2.05) is 18.2 Å². The highest BCUT2D eigenvalue weighted by atomic mass is 16.5. The number of fused-ring (bicyclic) bond motifs is 1. The number of ketones is 1. The molecule has 23 heavy (non-hydrogen) atoms. The van der Waals surface area contributed by atoms with Gasteiger partial charge in [-0.3, -0.25) is 4.79 Å². The van der Waals surface area contributed by atoms with E-state index in [4.69, 9.17) is 13.9 Å². The van der Waals surface area contributed by atoms with Crippen molar-refractivity contribution in [3.8, 4) is 6.07 Å². The predicted octanol–water partition coefficient (Wildman–Crippen LogP) is 2.59. The molecule has 0 spiro atoms. The van der Waals surface area contributed by atoms with E-state index in [0.29, 0.717) is 17.7 Å². The minimum absolute atomic E-state index is 0.0371. The molecule has 2 aromatic rings. The molecule has 1 aliphatic rings. The van der Waals surface area contributed by atoms with Crippen molar-refractivity contribution in [1.82, 2.24) is 4.98 Å². The molecule has 6 heteroatoms. The van der Waals surface area contributed by atoms with E-state index in [-0.39, 0.29) is 17.8 Å². The van der Waals surface area contributed by atoms with Crippen LogP contribution in [0.3, 0.4) is 0 Å². The lowest BCUT2D eigenvalue weighted by Gasteiger charge is -2.16. The van der Waals surface area contributed by atoms with Gasteiger partial charge in [-0.15, -0.1) is 0 Å². The predicted molar refractivity (Wildman–Crippen MR) is 81.8 cm³/mol. The number of hydrogen-bond acceptors (Lipinski definition) is 6. The van der Waals surface area contributed by atoms with Crippen molar-refractivity contribution in [3.05, 3.63) is 30.2 Å². The summed E-state index contributed by atoms with van der Waals surface area (Å²) in [5.41, 5.74) is 1.19. The second-order valence-corrected chi connectivity index (χ2v) is 5.59. The number of para-hydroxylation sites is 2. The molecule has 0 saturated carbocycles. The maximum atomic E-state index is 12.5. The van der Waals surface area contributed by atoms with E-state index in [1.54, 1.807) is 19.1 Å². The van der Waals surface area contributed by atoms with Crippen LogP contribution in [-0.4, -0.2) is 36.2 Å². The number of Topliss-reactive ketones (excluding diaryl/α,β-unsaturated/α-hetero) is 1. The second kappa shape index (κ2) is 6.90. The Morgan fingerprint density at radius 3 is 3.04 bits per heavy atom. The van der Waals surface area contributed by atoms with Crippen LogP contribution in [-0.2, 0) is 14.3 Å². The first-order valence-corrected chi connectivity index (χ1v) is 7.71. The first-order chi connectivity index (χ1) is 11.2. The number of nitriles is 1. The summed E-state index contributed by atoms with van der Waals surface area (Å²) in [6.45, 7) is 2.74. The summed E-state index contributed by atoms with van der Waals surface area (Å²) in [5, 5.41) is 9.35. The Morgan fingerprint density at radius 2 is 2.35 bits per heavy atom. The van der Waals surface area contributed by atoms with E-state index in [9.17, 15) is 10.1 Å². The third kappa shape index (κ3) is 3.41. The van der Waals surface area contributed by atoms with Crippen molar-refractivity contribution in [3.63, 3.8) is 0 Å². The maximum Gasteiger partial charge on any atom is 0.220 e. The van der Waals surface area contributed by atoms with Gasteiger partial charge in [-0.05, 0) is 31.9 Å².